The summed E-state index contributed by atoms with van der Waals surface area (Å²) in [5.41, 5.74) is 15.4. The van der Waals surface area contributed by atoms with E-state index in [1.807, 2.05) is 74.2 Å². The number of rotatable bonds is 6. The van der Waals surface area contributed by atoms with E-state index in [2.05, 4.69) is 65.6 Å². The summed E-state index contributed by atoms with van der Waals surface area (Å²) in [6.07, 6.45) is 4.09. The minimum Gasteiger partial charge on any atom is -0.369 e. The number of carbonyl (C=O) groups excluding carboxylic acids is 1. The van der Waals surface area contributed by atoms with Crippen molar-refractivity contribution in [1.29, 1.82) is 0 Å². The lowest BCUT2D eigenvalue weighted by molar-refractivity contribution is 0.103. The first kappa shape index (κ1) is 29.8. The summed E-state index contributed by atoms with van der Waals surface area (Å²) in [4.78, 5) is 24.5. The zero-order valence-electron chi connectivity index (χ0n) is 25.2. The summed E-state index contributed by atoms with van der Waals surface area (Å²) in [6.45, 7) is 11.0. The number of para-hydroxylation sites is 1. The van der Waals surface area contributed by atoms with E-state index in [4.69, 9.17) is 17.3 Å². The van der Waals surface area contributed by atoms with Crippen molar-refractivity contribution in [1.82, 2.24) is 0 Å². The molecule has 0 atom stereocenters. The van der Waals surface area contributed by atoms with Gasteiger partial charge in [0.05, 0.1) is 5.56 Å². The van der Waals surface area contributed by atoms with Crippen LogP contribution in [-0.4, -0.2) is 30.3 Å². The molecule has 0 aromatic heterocycles. The molecule has 0 spiro atoms. The highest BCUT2D eigenvalue weighted by Crippen LogP contribution is 2.36. The average molecular weight is 590 g/mol. The van der Waals surface area contributed by atoms with Crippen LogP contribution < -0.4 is 16.0 Å². The van der Waals surface area contributed by atoms with Crippen LogP contribution in [0.2, 0.25) is 0 Å². The lowest BCUT2D eigenvalue weighted by Gasteiger charge is -2.22. The normalized spacial score (nSPS) is 14.6. The number of guanidine groups is 1. The van der Waals surface area contributed by atoms with Gasteiger partial charge in [-0.1, -0.05) is 60.7 Å². The maximum atomic E-state index is 14.0. The Kier molecular flexibility index (Phi) is 8.78. The summed E-state index contributed by atoms with van der Waals surface area (Å²) in [7, 11) is 0. The predicted molar refractivity (Wildman–Crippen MR) is 183 cm³/mol. The van der Waals surface area contributed by atoms with Gasteiger partial charge >= 0.3 is 0 Å². The number of fused-ring (bicyclic) bond motifs is 2. The standard InChI is InChI=1S/C36H36ClN5O/c1-6-42(28-12-8-7-9-13-28)36(38)41-35(37)40-21-39-32-18-22(2)17-27-19-24(4)31(34(43)33(27)32)20-26-15-16-29-23(3)11-10-14-30(29)25(26)5/h7-20,39H,6,21H2,1-5H3,(H2,38,40,41). The lowest BCUT2D eigenvalue weighted by Crippen LogP contribution is -2.37. The van der Waals surface area contributed by atoms with Crippen molar-refractivity contribution in [2.24, 2.45) is 15.7 Å². The van der Waals surface area contributed by atoms with Crippen LogP contribution in [0.5, 0.6) is 0 Å². The molecule has 3 N–H and O–H groups in total. The van der Waals surface area contributed by atoms with E-state index in [-0.39, 0.29) is 23.7 Å². The first-order chi connectivity index (χ1) is 20.7. The molecular formula is C36H36ClN5O. The van der Waals surface area contributed by atoms with Crippen molar-refractivity contribution in [2.75, 3.05) is 23.4 Å². The number of Topliss-reactive ketones (excluding diaryl/α,β-unsaturated/α-hetero) is 1. The molecule has 5 rings (SSSR count). The molecule has 4 aromatic rings. The van der Waals surface area contributed by atoms with Gasteiger partial charge in [-0.15, -0.1) is 0 Å². The monoisotopic (exact) mass is 589 g/mol. The van der Waals surface area contributed by atoms with Gasteiger partial charge in [-0.3, -0.25) is 4.79 Å². The molecule has 0 radical (unpaired) electrons. The Hall–Kier alpha value is -4.68. The fourth-order valence-electron chi connectivity index (χ4n) is 5.58. The number of hydrogen-bond donors (Lipinski definition) is 2. The Morgan fingerprint density at radius 1 is 0.977 bits per heavy atom. The molecule has 0 saturated carbocycles. The summed E-state index contributed by atoms with van der Waals surface area (Å²) in [5.74, 6) is 0.222. The van der Waals surface area contributed by atoms with Gasteiger partial charge in [-0.2, -0.15) is 4.99 Å². The lowest BCUT2D eigenvalue weighted by atomic mass is 9.84. The second kappa shape index (κ2) is 12.7. The van der Waals surface area contributed by atoms with Crippen LogP contribution in [-0.2, 0) is 0 Å². The van der Waals surface area contributed by atoms with E-state index in [0.29, 0.717) is 23.4 Å². The molecule has 0 unspecified atom stereocenters. The van der Waals surface area contributed by atoms with Crippen LogP contribution in [0.1, 0.15) is 52.0 Å². The molecule has 1 aliphatic rings. The molecule has 0 amide bonds. The first-order valence-electron chi connectivity index (χ1n) is 14.4. The Labute approximate surface area is 258 Å². The van der Waals surface area contributed by atoms with Crippen LogP contribution in [0.4, 0.5) is 11.4 Å². The number of hydrogen-bond acceptors (Lipinski definition) is 3. The number of carbonyl (C=O) groups is 1. The molecule has 0 bridgehead atoms. The van der Waals surface area contributed by atoms with E-state index in [1.54, 1.807) is 0 Å². The number of aryl methyl sites for hydroxylation is 3. The zero-order chi connectivity index (χ0) is 30.7. The maximum Gasteiger partial charge on any atom is 0.222 e. The number of halogens is 1. The van der Waals surface area contributed by atoms with Crippen molar-refractivity contribution in [2.45, 2.75) is 34.6 Å². The fraction of sp³-hybridized carbons (Fsp3) is 0.194. The quantitative estimate of drug-likeness (QED) is 0.103. The van der Waals surface area contributed by atoms with E-state index in [1.165, 1.54) is 16.3 Å². The average Bonchev–Trinajstić information content (AvgIpc) is 2.97. The number of amidine groups is 1. The third-order valence-electron chi connectivity index (χ3n) is 7.82. The van der Waals surface area contributed by atoms with Crippen molar-refractivity contribution < 1.29 is 4.79 Å². The van der Waals surface area contributed by atoms with E-state index < -0.39 is 0 Å². The van der Waals surface area contributed by atoms with E-state index in [0.717, 1.165) is 33.5 Å². The smallest absolute Gasteiger partial charge is 0.222 e. The van der Waals surface area contributed by atoms with Gasteiger partial charge in [0.1, 0.15) is 6.67 Å². The molecule has 0 heterocycles. The number of nitrogens with one attached hydrogen (secondary N) is 1. The van der Waals surface area contributed by atoms with Gasteiger partial charge < -0.3 is 16.0 Å². The van der Waals surface area contributed by atoms with Gasteiger partial charge in [0.25, 0.3) is 0 Å². The molecule has 4 aromatic carbocycles. The summed E-state index contributed by atoms with van der Waals surface area (Å²) >= 11 is 6.36. The largest absolute Gasteiger partial charge is 0.369 e. The predicted octanol–water partition coefficient (Wildman–Crippen LogP) is 8.25. The fourth-order valence-corrected chi connectivity index (χ4v) is 5.73. The van der Waals surface area contributed by atoms with Crippen LogP contribution >= 0.6 is 11.6 Å². The maximum absolute atomic E-state index is 14.0. The summed E-state index contributed by atoms with van der Waals surface area (Å²) in [6, 6.07) is 24.3. The molecule has 43 heavy (non-hydrogen) atoms. The summed E-state index contributed by atoms with van der Waals surface area (Å²) < 4.78 is 0. The number of aliphatic imine (C=N–C) groups is 2. The van der Waals surface area contributed by atoms with Gasteiger partial charge in [0.15, 0.2) is 5.78 Å². The topological polar surface area (TPSA) is 83.1 Å². The van der Waals surface area contributed by atoms with Crippen LogP contribution in [0.15, 0.2) is 93.9 Å². The van der Waals surface area contributed by atoms with Crippen LogP contribution in [0.3, 0.4) is 0 Å². The molecule has 6 nitrogen and oxygen atoms in total. The Bertz CT molecular complexity index is 1840. The van der Waals surface area contributed by atoms with Gasteiger partial charge in [-0.25, -0.2) is 4.99 Å². The third kappa shape index (κ3) is 6.25. The van der Waals surface area contributed by atoms with Crippen molar-refractivity contribution >= 4 is 62.9 Å². The number of benzene rings is 4. The van der Waals surface area contributed by atoms with Gasteiger partial charge in [0.2, 0.25) is 11.3 Å². The second-order valence-corrected chi connectivity index (χ2v) is 11.1. The number of nitrogens with two attached hydrogens (primary N) is 1. The van der Waals surface area contributed by atoms with Crippen LogP contribution in [0.25, 0.3) is 22.9 Å². The highest BCUT2D eigenvalue weighted by Gasteiger charge is 2.25. The number of allylic oxidation sites excluding steroid dienone is 2. The molecule has 0 fully saturated rings. The van der Waals surface area contributed by atoms with Crippen molar-refractivity contribution in [3.63, 3.8) is 0 Å². The molecule has 0 saturated heterocycles. The number of nitrogens with zero attached hydrogens (tertiary/aromatic N) is 3. The molecule has 0 aliphatic heterocycles. The Balaban J connectivity index is 1.42. The molecule has 218 valence electrons. The van der Waals surface area contributed by atoms with Crippen molar-refractivity contribution in [3.8, 4) is 0 Å². The first-order valence-corrected chi connectivity index (χ1v) is 14.7. The molecular weight excluding hydrogens is 554 g/mol. The number of ketones is 1. The number of anilines is 2. The Morgan fingerprint density at radius 2 is 1.74 bits per heavy atom. The molecule has 7 heteroatoms. The SMILES string of the molecule is CCN(C(N)=NC(Cl)=NCNc1cc(C)cc2c1C(=O)C(=Cc1ccc3c(C)cccc3c1C)C(C)=C2)c1ccccc1. The second-order valence-electron chi connectivity index (χ2n) is 10.8. The highest BCUT2D eigenvalue weighted by molar-refractivity contribution is 6.65. The minimum atomic E-state index is -0.0278. The Morgan fingerprint density at radius 3 is 2.49 bits per heavy atom. The minimum absolute atomic E-state index is 0.0190. The third-order valence-corrected chi connectivity index (χ3v) is 8.02. The zero-order valence-corrected chi connectivity index (χ0v) is 26.0. The molecule has 1 aliphatic carbocycles. The van der Waals surface area contributed by atoms with E-state index >= 15 is 0 Å². The highest BCUT2D eigenvalue weighted by atomic mass is 35.5. The van der Waals surface area contributed by atoms with Crippen LogP contribution in [0, 0.1) is 20.8 Å². The van der Waals surface area contributed by atoms with E-state index in [9.17, 15) is 4.79 Å². The van der Waals surface area contributed by atoms with Crippen molar-refractivity contribution in [3.05, 3.63) is 117 Å². The van der Waals surface area contributed by atoms with Gasteiger partial charge in [-0.05, 0) is 115 Å². The summed E-state index contributed by atoms with van der Waals surface area (Å²) in [5, 5.41) is 5.73. The van der Waals surface area contributed by atoms with Gasteiger partial charge in [0, 0.05) is 23.5 Å².